The molecule has 3 atom stereocenters. The standard InChI is InChI=1S/C16H22BrNO/c1-4-12-7-8-15(11(12)3)18-16(19)13-6-5-10(2)14(17)9-13/h5-6,9,11-12,15H,4,7-8H2,1-3H3,(H,18,19). The maximum atomic E-state index is 12.3. The average molecular weight is 324 g/mol. The molecule has 1 saturated carbocycles. The minimum Gasteiger partial charge on any atom is -0.349 e. The lowest BCUT2D eigenvalue weighted by Crippen LogP contribution is -2.37. The number of carbonyl (C=O) groups is 1. The summed E-state index contributed by atoms with van der Waals surface area (Å²) in [6, 6.07) is 6.11. The number of amides is 1. The van der Waals surface area contributed by atoms with Crippen molar-refractivity contribution in [2.45, 2.75) is 46.1 Å². The van der Waals surface area contributed by atoms with Gasteiger partial charge in [-0.1, -0.05) is 42.3 Å². The molecule has 1 aromatic rings. The molecule has 1 N–H and O–H groups in total. The van der Waals surface area contributed by atoms with Gasteiger partial charge in [0, 0.05) is 16.1 Å². The van der Waals surface area contributed by atoms with E-state index in [4.69, 9.17) is 0 Å². The summed E-state index contributed by atoms with van der Waals surface area (Å²) in [4.78, 5) is 12.3. The van der Waals surface area contributed by atoms with E-state index in [0.29, 0.717) is 12.0 Å². The minimum absolute atomic E-state index is 0.0503. The lowest BCUT2D eigenvalue weighted by Gasteiger charge is -2.21. The Morgan fingerprint density at radius 1 is 1.42 bits per heavy atom. The van der Waals surface area contributed by atoms with Crippen LogP contribution in [0.3, 0.4) is 0 Å². The van der Waals surface area contributed by atoms with Gasteiger partial charge >= 0.3 is 0 Å². The van der Waals surface area contributed by atoms with Crippen molar-refractivity contribution in [3.63, 3.8) is 0 Å². The second kappa shape index (κ2) is 6.08. The van der Waals surface area contributed by atoms with Gasteiger partial charge in [0.1, 0.15) is 0 Å². The van der Waals surface area contributed by atoms with E-state index < -0.39 is 0 Å². The maximum Gasteiger partial charge on any atom is 0.251 e. The van der Waals surface area contributed by atoms with Crippen molar-refractivity contribution in [2.24, 2.45) is 11.8 Å². The summed E-state index contributed by atoms with van der Waals surface area (Å²) in [7, 11) is 0. The van der Waals surface area contributed by atoms with Crippen LogP contribution >= 0.6 is 15.9 Å². The topological polar surface area (TPSA) is 29.1 Å². The van der Waals surface area contributed by atoms with Crippen molar-refractivity contribution in [3.8, 4) is 0 Å². The van der Waals surface area contributed by atoms with E-state index in [1.807, 2.05) is 25.1 Å². The second-order valence-corrected chi connectivity index (χ2v) is 6.50. The SMILES string of the molecule is CCC1CCC(NC(=O)c2ccc(C)c(Br)c2)C1C. The first-order valence-electron chi connectivity index (χ1n) is 7.10. The Labute approximate surface area is 124 Å². The molecule has 0 heterocycles. The van der Waals surface area contributed by atoms with Crippen molar-refractivity contribution in [3.05, 3.63) is 33.8 Å². The van der Waals surface area contributed by atoms with Crippen molar-refractivity contribution >= 4 is 21.8 Å². The molecule has 1 aliphatic rings. The zero-order valence-electron chi connectivity index (χ0n) is 11.9. The molecule has 3 heteroatoms. The summed E-state index contributed by atoms with van der Waals surface area (Å²) < 4.78 is 0.992. The molecule has 1 aliphatic carbocycles. The van der Waals surface area contributed by atoms with Gasteiger partial charge in [-0.15, -0.1) is 0 Å². The van der Waals surface area contributed by atoms with E-state index in [-0.39, 0.29) is 5.91 Å². The first-order chi connectivity index (χ1) is 9.02. The fourth-order valence-corrected chi connectivity index (χ4v) is 3.39. The summed E-state index contributed by atoms with van der Waals surface area (Å²) in [5.74, 6) is 1.40. The van der Waals surface area contributed by atoms with Crippen molar-refractivity contribution < 1.29 is 4.79 Å². The van der Waals surface area contributed by atoms with Crippen molar-refractivity contribution in [2.75, 3.05) is 0 Å². The van der Waals surface area contributed by atoms with E-state index in [0.717, 1.165) is 27.9 Å². The number of nitrogens with one attached hydrogen (secondary N) is 1. The van der Waals surface area contributed by atoms with Gasteiger partial charge in [-0.3, -0.25) is 4.79 Å². The number of hydrogen-bond acceptors (Lipinski definition) is 1. The zero-order valence-corrected chi connectivity index (χ0v) is 13.5. The quantitative estimate of drug-likeness (QED) is 0.882. The smallest absolute Gasteiger partial charge is 0.251 e. The third kappa shape index (κ3) is 3.19. The molecule has 19 heavy (non-hydrogen) atoms. The normalized spacial score (nSPS) is 26.4. The van der Waals surface area contributed by atoms with Crippen LogP contribution in [0.15, 0.2) is 22.7 Å². The first kappa shape index (κ1) is 14.6. The maximum absolute atomic E-state index is 12.3. The lowest BCUT2D eigenvalue weighted by molar-refractivity contribution is 0.0926. The molecular formula is C16H22BrNO. The zero-order chi connectivity index (χ0) is 14.0. The fourth-order valence-electron chi connectivity index (χ4n) is 3.01. The summed E-state index contributed by atoms with van der Waals surface area (Å²) in [5.41, 5.74) is 1.89. The number of hydrogen-bond donors (Lipinski definition) is 1. The van der Waals surface area contributed by atoms with Gasteiger partial charge in [0.25, 0.3) is 5.91 Å². The Kier molecular flexibility index (Phi) is 4.67. The highest BCUT2D eigenvalue weighted by atomic mass is 79.9. The molecule has 0 saturated heterocycles. The molecule has 1 aromatic carbocycles. The molecule has 1 amide bonds. The molecular weight excluding hydrogens is 302 g/mol. The van der Waals surface area contributed by atoms with Gasteiger partial charge < -0.3 is 5.32 Å². The number of rotatable bonds is 3. The van der Waals surface area contributed by atoms with Crippen LogP contribution in [0.25, 0.3) is 0 Å². The summed E-state index contributed by atoms with van der Waals surface area (Å²) in [6.45, 7) is 6.52. The lowest BCUT2D eigenvalue weighted by atomic mass is 9.93. The third-order valence-electron chi connectivity index (χ3n) is 4.50. The highest BCUT2D eigenvalue weighted by molar-refractivity contribution is 9.10. The van der Waals surface area contributed by atoms with Crippen molar-refractivity contribution in [1.29, 1.82) is 0 Å². The third-order valence-corrected chi connectivity index (χ3v) is 5.36. The van der Waals surface area contributed by atoms with Gasteiger partial charge in [-0.05, 0) is 49.3 Å². The van der Waals surface area contributed by atoms with Gasteiger partial charge in [-0.25, -0.2) is 0 Å². The Bertz CT molecular complexity index is 472. The molecule has 104 valence electrons. The Morgan fingerprint density at radius 2 is 2.16 bits per heavy atom. The van der Waals surface area contributed by atoms with Crippen LogP contribution in [0.2, 0.25) is 0 Å². The molecule has 0 aromatic heterocycles. The van der Waals surface area contributed by atoms with Gasteiger partial charge in [-0.2, -0.15) is 0 Å². The Balaban J connectivity index is 2.03. The molecule has 0 bridgehead atoms. The van der Waals surface area contributed by atoms with Crippen LogP contribution < -0.4 is 5.32 Å². The highest BCUT2D eigenvalue weighted by Crippen LogP contribution is 2.34. The highest BCUT2D eigenvalue weighted by Gasteiger charge is 2.32. The Hall–Kier alpha value is -0.830. The van der Waals surface area contributed by atoms with Crippen molar-refractivity contribution in [1.82, 2.24) is 5.32 Å². The molecule has 3 unspecified atom stereocenters. The van der Waals surface area contributed by atoms with Crippen LogP contribution in [0.1, 0.15) is 49.0 Å². The van der Waals surface area contributed by atoms with Crippen LogP contribution in [0.5, 0.6) is 0 Å². The number of carbonyl (C=O) groups excluding carboxylic acids is 1. The molecule has 1 fully saturated rings. The van der Waals surface area contributed by atoms with E-state index in [9.17, 15) is 4.79 Å². The first-order valence-corrected chi connectivity index (χ1v) is 7.89. The van der Waals surface area contributed by atoms with Gasteiger partial charge in [0.2, 0.25) is 0 Å². The largest absolute Gasteiger partial charge is 0.349 e. The summed E-state index contributed by atoms with van der Waals surface area (Å²) in [6.07, 6.45) is 3.56. The Morgan fingerprint density at radius 3 is 2.74 bits per heavy atom. The van der Waals surface area contributed by atoms with Gasteiger partial charge in [0.15, 0.2) is 0 Å². The summed E-state index contributed by atoms with van der Waals surface area (Å²) >= 11 is 3.48. The number of benzene rings is 1. The number of halogens is 1. The molecule has 2 rings (SSSR count). The molecule has 2 nitrogen and oxygen atoms in total. The summed E-state index contributed by atoms with van der Waals surface area (Å²) in [5, 5.41) is 3.20. The average Bonchev–Trinajstić information content (AvgIpc) is 2.73. The number of aryl methyl sites for hydroxylation is 1. The van der Waals surface area contributed by atoms with E-state index in [1.165, 1.54) is 12.8 Å². The van der Waals surface area contributed by atoms with Gasteiger partial charge in [0.05, 0.1) is 0 Å². The van der Waals surface area contributed by atoms with E-state index in [1.54, 1.807) is 0 Å². The monoisotopic (exact) mass is 323 g/mol. The fraction of sp³-hybridized carbons (Fsp3) is 0.562. The van der Waals surface area contributed by atoms with Crippen LogP contribution in [-0.2, 0) is 0 Å². The molecule has 0 aliphatic heterocycles. The van der Waals surface area contributed by atoms with Crippen LogP contribution in [0, 0.1) is 18.8 Å². The molecule has 0 spiro atoms. The molecule has 0 radical (unpaired) electrons. The van der Waals surface area contributed by atoms with E-state index >= 15 is 0 Å². The second-order valence-electron chi connectivity index (χ2n) is 5.65. The predicted octanol–water partition coefficient (Wildman–Crippen LogP) is 4.31. The minimum atomic E-state index is 0.0503. The van der Waals surface area contributed by atoms with Crippen LogP contribution in [-0.4, -0.2) is 11.9 Å². The van der Waals surface area contributed by atoms with E-state index in [2.05, 4.69) is 35.1 Å². The predicted molar refractivity (Wildman–Crippen MR) is 82.3 cm³/mol. The van der Waals surface area contributed by atoms with Crippen LogP contribution in [0.4, 0.5) is 0 Å².